The molecule has 5 heteroatoms. The molecule has 0 bridgehead atoms. The first-order valence-corrected chi connectivity index (χ1v) is 3.97. The van der Waals surface area contributed by atoms with E-state index in [0.717, 1.165) is 20.7 Å². The third-order valence-corrected chi connectivity index (χ3v) is 2.50. The highest BCUT2D eigenvalue weighted by atomic mass is 32.1. The van der Waals surface area contributed by atoms with Crippen molar-refractivity contribution in [3.63, 3.8) is 0 Å². The van der Waals surface area contributed by atoms with Crippen molar-refractivity contribution in [1.29, 1.82) is 5.26 Å². The Morgan fingerprint density at radius 3 is 3.18 bits per heavy atom. The molecule has 0 saturated carbocycles. The van der Waals surface area contributed by atoms with E-state index in [1.54, 1.807) is 0 Å². The molecule has 0 radical (unpaired) electrons. The molecule has 0 amide bonds. The maximum absolute atomic E-state index is 8.57. The summed E-state index contributed by atoms with van der Waals surface area (Å²) in [5, 5.41) is 16.5. The molecule has 11 heavy (non-hydrogen) atoms. The Morgan fingerprint density at radius 1 is 1.73 bits per heavy atom. The van der Waals surface area contributed by atoms with E-state index in [2.05, 4.69) is 16.3 Å². The third kappa shape index (κ3) is 0.836. The predicted octanol–water partition coefficient (Wildman–Crippen LogP) is -0.246. The first kappa shape index (κ1) is 6.44. The van der Waals surface area contributed by atoms with E-state index in [9.17, 15) is 0 Å². The summed E-state index contributed by atoms with van der Waals surface area (Å²) >= 11 is 1.44. The quantitative estimate of drug-likeness (QED) is 0.542. The lowest BCUT2D eigenvalue weighted by molar-refractivity contribution is 1.15. The van der Waals surface area contributed by atoms with Crippen molar-refractivity contribution in [3.8, 4) is 6.07 Å². The second-order valence-corrected chi connectivity index (χ2v) is 3.33. The standard InChI is InChI=1S/C6H4BN3S/c7-5-4-1-3(2-8)11-6(4)10-9-5/h1H,7H2,(H,9,10). The van der Waals surface area contributed by atoms with Gasteiger partial charge >= 0.3 is 0 Å². The zero-order valence-electron chi connectivity index (χ0n) is 5.88. The third-order valence-electron chi connectivity index (χ3n) is 1.56. The van der Waals surface area contributed by atoms with Crippen LogP contribution in [-0.2, 0) is 0 Å². The number of thiophene rings is 1. The molecule has 0 aliphatic heterocycles. The van der Waals surface area contributed by atoms with E-state index in [0.29, 0.717) is 0 Å². The molecule has 52 valence electrons. The van der Waals surface area contributed by atoms with Gasteiger partial charge in [0.25, 0.3) is 0 Å². The number of nitriles is 1. The number of nitrogens with one attached hydrogen (secondary N) is 1. The van der Waals surface area contributed by atoms with Gasteiger partial charge in [-0.05, 0) is 6.07 Å². The highest BCUT2D eigenvalue weighted by Crippen LogP contribution is 2.20. The Hall–Kier alpha value is -1.28. The minimum absolute atomic E-state index is 0.733. The van der Waals surface area contributed by atoms with Crippen molar-refractivity contribution in [3.05, 3.63) is 10.9 Å². The van der Waals surface area contributed by atoms with E-state index < -0.39 is 0 Å². The fourth-order valence-electron chi connectivity index (χ4n) is 0.993. The molecule has 2 aromatic rings. The van der Waals surface area contributed by atoms with E-state index in [1.165, 1.54) is 11.3 Å². The molecule has 0 aliphatic carbocycles. The van der Waals surface area contributed by atoms with Crippen LogP contribution in [0, 0.1) is 11.3 Å². The summed E-state index contributed by atoms with van der Waals surface area (Å²) in [6, 6.07) is 3.96. The molecule has 3 nitrogen and oxygen atoms in total. The molecule has 2 rings (SSSR count). The Labute approximate surface area is 68.1 Å². The van der Waals surface area contributed by atoms with Gasteiger partial charge in [-0.1, -0.05) is 0 Å². The monoisotopic (exact) mass is 161 g/mol. The summed E-state index contributed by atoms with van der Waals surface area (Å²) in [5.74, 6) is 0. The summed E-state index contributed by atoms with van der Waals surface area (Å²) < 4.78 is 0. The van der Waals surface area contributed by atoms with Crippen LogP contribution < -0.4 is 5.59 Å². The van der Waals surface area contributed by atoms with Crippen LogP contribution in [0.3, 0.4) is 0 Å². The van der Waals surface area contributed by atoms with Crippen molar-refractivity contribution >= 4 is 35.0 Å². The van der Waals surface area contributed by atoms with Crippen molar-refractivity contribution in [2.45, 2.75) is 0 Å². The van der Waals surface area contributed by atoms with E-state index >= 15 is 0 Å². The molecule has 0 aliphatic rings. The second kappa shape index (κ2) is 2.11. The maximum atomic E-state index is 8.57. The lowest BCUT2D eigenvalue weighted by atomic mass is 10.0. The largest absolute Gasteiger partial charge is 0.268 e. The van der Waals surface area contributed by atoms with Crippen LogP contribution >= 0.6 is 11.3 Å². The van der Waals surface area contributed by atoms with Gasteiger partial charge in [-0.3, -0.25) is 5.10 Å². The number of nitrogens with zero attached hydrogens (tertiary/aromatic N) is 2. The van der Waals surface area contributed by atoms with Crippen LogP contribution in [0.4, 0.5) is 0 Å². The minimum atomic E-state index is 0.733. The van der Waals surface area contributed by atoms with Gasteiger partial charge in [0.1, 0.15) is 15.8 Å². The molecule has 0 spiro atoms. The lowest BCUT2D eigenvalue weighted by Crippen LogP contribution is -2.02. The summed E-state index contributed by atoms with van der Waals surface area (Å²) in [7, 11) is 1.92. The number of H-pyrrole nitrogens is 1. The number of aromatic nitrogens is 2. The Bertz CT molecular complexity index is 436. The van der Waals surface area contributed by atoms with Crippen LogP contribution in [0.15, 0.2) is 6.07 Å². The van der Waals surface area contributed by atoms with Gasteiger partial charge in [-0.2, -0.15) is 10.4 Å². The molecule has 0 unspecified atom stereocenters. The summed E-state index contributed by atoms with van der Waals surface area (Å²) in [6.45, 7) is 0. The molecule has 0 fully saturated rings. The number of hydrogen-bond acceptors (Lipinski definition) is 3. The molecule has 0 atom stereocenters. The van der Waals surface area contributed by atoms with E-state index in [-0.39, 0.29) is 0 Å². The Morgan fingerprint density at radius 2 is 2.55 bits per heavy atom. The first-order valence-electron chi connectivity index (χ1n) is 3.16. The molecule has 0 saturated heterocycles. The number of aromatic amines is 1. The summed E-state index contributed by atoms with van der Waals surface area (Å²) in [6.07, 6.45) is 0. The second-order valence-electron chi connectivity index (χ2n) is 2.27. The average Bonchev–Trinajstić information content (AvgIpc) is 2.53. The van der Waals surface area contributed by atoms with Gasteiger partial charge in [0.05, 0.1) is 0 Å². The van der Waals surface area contributed by atoms with Crippen LogP contribution in [-0.4, -0.2) is 18.0 Å². The maximum Gasteiger partial charge on any atom is 0.167 e. The zero-order chi connectivity index (χ0) is 7.84. The fourth-order valence-corrected chi connectivity index (χ4v) is 1.84. The first-order chi connectivity index (χ1) is 5.31. The van der Waals surface area contributed by atoms with E-state index in [1.807, 2.05) is 13.9 Å². The van der Waals surface area contributed by atoms with Gasteiger partial charge in [0.15, 0.2) is 7.85 Å². The molecule has 2 heterocycles. The minimum Gasteiger partial charge on any atom is -0.268 e. The van der Waals surface area contributed by atoms with Crippen LogP contribution in [0.1, 0.15) is 4.88 Å². The van der Waals surface area contributed by atoms with Gasteiger partial charge in [0.2, 0.25) is 0 Å². The van der Waals surface area contributed by atoms with Crippen molar-refractivity contribution < 1.29 is 0 Å². The van der Waals surface area contributed by atoms with Gasteiger partial charge in [0, 0.05) is 11.0 Å². The summed E-state index contributed by atoms with van der Waals surface area (Å²) in [4.78, 5) is 1.72. The molecule has 1 N–H and O–H groups in total. The topological polar surface area (TPSA) is 52.5 Å². The molecular weight excluding hydrogens is 157 g/mol. The Kier molecular flexibility index (Phi) is 1.23. The van der Waals surface area contributed by atoms with Crippen LogP contribution in [0.2, 0.25) is 0 Å². The SMILES string of the molecule is Bc1n[nH]c2sc(C#N)cc12. The van der Waals surface area contributed by atoms with Crippen molar-refractivity contribution in [1.82, 2.24) is 10.2 Å². The highest BCUT2D eigenvalue weighted by molar-refractivity contribution is 7.19. The van der Waals surface area contributed by atoms with Gasteiger partial charge < -0.3 is 0 Å². The van der Waals surface area contributed by atoms with E-state index in [4.69, 9.17) is 5.26 Å². The molecular formula is C6H4BN3S. The lowest BCUT2D eigenvalue weighted by Gasteiger charge is -1.74. The molecule has 2 aromatic heterocycles. The molecule has 0 aromatic carbocycles. The number of hydrogen-bond donors (Lipinski definition) is 1. The van der Waals surface area contributed by atoms with Crippen LogP contribution in [0.25, 0.3) is 10.2 Å². The van der Waals surface area contributed by atoms with Crippen molar-refractivity contribution in [2.24, 2.45) is 0 Å². The predicted molar refractivity (Wildman–Crippen MR) is 46.9 cm³/mol. The average molecular weight is 161 g/mol. The van der Waals surface area contributed by atoms with Gasteiger partial charge in [-0.25, -0.2) is 0 Å². The number of fused-ring (bicyclic) bond motifs is 1. The Balaban J connectivity index is 2.82. The zero-order valence-corrected chi connectivity index (χ0v) is 6.70. The smallest absolute Gasteiger partial charge is 0.167 e. The fraction of sp³-hybridized carbons (Fsp3) is 0. The highest BCUT2D eigenvalue weighted by Gasteiger charge is 2.04. The normalized spacial score (nSPS) is 10.1. The van der Waals surface area contributed by atoms with Crippen molar-refractivity contribution in [2.75, 3.05) is 0 Å². The van der Waals surface area contributed by atoms with Gasteiger partial charge in [-0.15, -0.1) is 11.3 Å². The summed E-state index contributed by atoms with van der Waals surface area (Å²) in [5.41, 5.74) is 0.956. The van der Waals surface area contributed by atoms with Crippen LogP contribution in [0.5, 0.6) is 0 Å². The number of rotatable bonds is 0.